The lowest BCUT2D eigenvalue weighted by atomic mass is 9.96. The number of aryl methyl sites for hydroxylation is 1. The molecule has 0 bridgehead atoms. The van der Waals surface area contributed by atoms with E-state index in [-0.39, 0.29) is 17.8 Å². The quantitative estimate of drug-likeness (QED) is 0.509. The number of amides is 1. The molecule has 4 heterocycles. The van der Waals surface area contributed by atoms with Gasteiger partial charge in [0.2, 0.25) is 0 Å². The van der Waals surface area contributed by atoms with Gasteiger partial charge in [0.25, 0.3) is 5.91 Å². The van der Waals surface area contributed by atoms with Crippen LogP contribution in [0.1, 0.15) is 62.6 Å². The molecule has 0 saturated heterocycles. The third-order valence-electron chi connectivity index (χ3n) is 5.88. The maximum Gasteiger partial charge on any atom is 0.410 e. The fraction of sp³-hybridized carbons (Fsp3) is 0.381. The molecule has 1 aliphatic carbocycles. The van der Waals surface area contributed by atoms with Crippen molar-refractivity contribution in [3.8, 4) is 6.07 Å². The summed E-state index contributed by atoms with van der Waals surface area (Å²) in [5, 5.41) is 21.6. The minimum absolute atomic E-state index is 0.0239. The second-order valence-corrected chi connectivity index (χ2v) is 9.92. The van der Waals surface area contributed by atoms with Crippen LogP contribution in [0.15, 0.2) is 23.7 Å². The summed E-state index contributed by atoms with van der Waals surface area (Å²) in [4.78, 5) is 14.9. The van der Waals surface area contributed by atoms with E-state index in [1.165, 1.54) is 22.7 Å². The van der Waals surface area contributed by atoms with Gasteiger partial charge < -0.3 is 10.6 Å². The zero-order valence-corrected chi connectivity index (χ0v) is 18.3. The van der Waals surface area contributed by atoms with Gasteiger partial charge in [-0.1, -0.05) is 6.07 Å². The summed E-state index contributed by atoms with van der Waals surface area (Å²) in [6, 6.07) is 3.32. The highest BCUT2D eigenvalue weighted by Gasteiger charge is 2.47. The summed E-state index contributed by atoms with van der Waals surface area (Å²) in [6.07, 6.45) is 0.136. The number of halogens is 3. The molecule has 0 fully saturated rings. The van der Waals surface area contributed by atoms with Gasteiger partial charge in [0.05, 0.1) is 17.8 Å². The first-order valence-electron chi connectivity index (χ1n) is 10.2. The summed E-state index contributed by atoms with van der Waals surface area (Å²) in [7, 11) is 0. The highest BCUT2D eigenvalue weighted by Crippen LogP contribution is 2.45. The molecule has 3 aromatic heterocycles. The minimum Gasteiger partial charge on any atom is -0.362 e. The number of rotatable bonds is 3. The largest absolute Gasteiger partial charge is 0.410 e. The maximum absolute atomic E-state index is 13.8. The van der Waals surface area contributed by atoms with Crippen molar-refractivity contribution in [1.82, 2.24) is 9.78 Å². The van der Waals surface area contributed by atoms with Crippen LogP contribution in [0.25, 0.3) is 0 Å². The lowest BCUT2D eigenvalue weighted by Gasteiger charge is -2.33. The standard InChI is InChI=1S/C21H18F3N5OS2/c22-21(23,24)17-8-14(16-6-3-7-31-16)27-18-13(10-26-29(17)18)19(30)28-20-12(9-25)11-4-1-2-5-15(11)32-20/h3,6-7,10,14,17,27H,1-2,4-5,8H2,(H,28,30)/t14-,17+/m0/s1. The van der Waals surface area contributed by atoms with Gasteiger partial charge in [-0.15, -0.1) is 22.7 Å². The number of carbonyl (C=O) groups excluding carboxylic acids is 1. The molecule has 2 aliphatic rings. The second-order valence-electron chi connectivity index (χ2n) is 7.84. The number of nitrogens with zero attached hydrogens (tertiary/aromatic N) is 3. The molecule has 0 unspecified atom stereocenters. The Morgan fingerprint density at radius 1 is 1.34 bits per heavy atom. The van der Waals surface area contributed by atoms with Crippen molar-refractivity contribution in [2.24, 2.45) is 0 Å². The van der Waals surface area contributed by atoms with Gasteiger partial charge in [-0.05, 0) is 42.7 Å². The summed E-state index contributed by atoms with van der Waals surface area (Å²) in [5.41, 5.74) is 1.46. The van der Waals surface area contributed by atoms with E-state index in [2.05, 4.69) is 21.8 Å². The fourth-order valence-corrected chi connectivity index (χ4v) is 6.37. The number of hydrogen-bond donors (Lipinski definition) is 2. The highest BCUT2D eigenvalue weighted by molar-refractivity contribution is 7.16. The predicted molar refractivity (Wildman–Crippen MR) is 116 cm³/mol. The lowest BCUT2D eigenvalue weighted by Crippen LogP contribution is -2.36. The van der Waals surface area contributed by atoms with Crippen molar-refractivity contribution >= 4 is 39.4 Å². The Labute approximate surface area is 189 Å². The van der Waals surface area contributed by atoms with E-state index in [4.69, 9.17) is 0 Å². The van der Waals surface area contributed by atoms with E-state index in [0.717, 1.165) is 51.9 Å². The number of aromatic nitrogens is 2. The number of nitrogens with one attached hydrogen (secondary N) is 2. The molecule has 0 spiro atoms. The van der Waals surface area contributed by atoms with Gasteiger partial charge in [0, 0.05) is 16.2 Å². The molecule has 0 aromatic carbocycles. The van der Waals surface area contributed by atoms with Gasteiger partial charge in [-0.25, -0.2) is 4.68 Å². The van der Waals surface area contributed by atoms with Gasteiger partial charge >= 0.3 is 6.18 Å². The number of hydrogen-bond acceptors (Lipinski definition) is 6. The normalized spacial score (nSPS) is 20.1. The lowest BCUT2D eigenvalue weighted by molar-refractivity contribution is -0.173. The summed E-state index contributed by atoms with van der Waals surface area (Å²) in [5.74, 6) is -0.545. The van der Waals surface area contributed by atoms with E-state index < -0.39 is 24.2 Å². The molecular formula is C21H18F3N5OS2. The van der Waals surface area contributed by atoms with Crippen LogP contribution in [0.5, 0.6) is 0 Å². The molecule has 2 atom stereocenters. The Hall–Kier alpha value is -2.84. The van der Waals surface area contributed by atoms with Crippen molar-refractivity contribution in [1.29, 1.82) is 5.26 Å². The Morgan fingerprint density at radius 2 is 2.16 bits per heavy atom. The maximum atomic E-state index is 13.8. The molecule has 3 aromatic rings. The minimum atomic E-state index is -4.51. The van der Waals surface area contributed by atoms with Crippen LogP contribution in [0.3, 0.4) is 0 Å². The van der Waals surface area contributed by atoms with Crippen LogP contribution in [-0.4, -0.2) is 21.9 Å². The SMILES string of the molecule is N#Cc1c(NC(=O)c2cnn3c2N[C@H](c2cccs2)C[C@@H]3C(F)(F)F)sc2c1CCCC2. The molecule has 11 heteroatoms. The van der Waals surface area contributed by atoms with Crippen LogP contribution < -0.4 is 10.6 Å². The van der Waals surface area contributed by atoms with E-state index in [0.29, 0.717) is 10.6 Å². The first-order chi connectivity index (χ1) is 15.4. The van der Waals surface area contributed by atoms with Crippen molar-refractivity contribution < 1.29 is 18.0 Å². The van der Waals surface area contributed by atoms with Gasteiger partial charge in [-0.2, -0.15) is 23.5 Å². The molecule has 6 nitrogen and oxygen atoms in total. The number of thiophene rings is 2. The molecule has 32 heavy (non-hydrogen) atoms. The van der Waals surface area contributed by atoms with Crippen LogP contribution in [0.2, 0.25) is 0 Å². The van der Waals surface area contributed by atoms with Crippen LogP contribution >= 0.6 is 22.7 Å². The summed E-state index contributed by atoms with van der Waals surface area (Å²) in [6.45, 7) is 0. The van der Waals surface area contributed by atoms with Gasteiger partial charge in [0.15, 0.2) is 6.04 Å². The third kappa shape index (κ3) is 3.57. The highest BCUT2D eigenvalue weighted by atomic mass is 32.1. The molecule has 2 N–H and O–H groups in total. The Kier molecular flexibility index (Phi) is 5.22. The number of nitriles is 1. The fourth-order valence-electron chi connectivity index (χ4n) is 4.35. The van der Waals surface area contributed by atoms with Crippen LogP contribution in [0.4, 0.5) is 24.0 Å². The predicted octanol–water partition coefficient (Wildman–Crippen LogP) is 5.67. The Morgan fingerprint density at radius 3 is 2.88 bits per heavy atom. The van der Waals surface area contributed by atoms with Gasteiger partial charge in [-0.3, -0.25) is 4.79 Å². The zero-order valence-electron chi connectivity index (χ0n) is 16.7. The van der Waals surface area contributed by atoms with Crippen molar-refractivity contribution in [2.45, 2.75) is 50.4 Å². The summed E-state index contributed by atoms with van der Waals surface area (Å²) < 4.78 is 42.3. The molecule has 166 valence electrons. The Balaban J connectivity index is 1.49. The molecule has 1 amide bonds. The topological polar surface area (TPSA) is 82.7 Å². The smallest absolute Gasteiger partial charge is 0.362 e. The number of carbonyl (C=O) groups is 1. The molecule has 0 radical (unpaired) electrons. The average molecular weight is 478 g/mol. The van der Waals surface area contributed by atoms with Crippen LogP contribution in [-0.2, 0) is 12.8 Å². The van der Waals surface area contributed by atoms with E-state index >= 15 is 0 Å². The average Bonchev–Trinajstić information content (AvgIpc) is 3.49. The second kappa shape index (κ2) is 7.94. The van der Waals surface area contributed by atoms with Crippen LogP contribution in [0, 0.1) is 11.3 Å². The van der Waals surface area contributed by atoms with Gasteiger partial charge in [0.1, 0.15) is 22.5 Å². The monoisotopic (exact) mass is 477 g/mol. The van der Waals surface area contributed by atoms with E-state index in [1.54, 1.807) is 17.5 Å². The van der Waals surface area contributed by atoms with E-state index in [1.807, 2.05) is 0 Å². The molecular weight excluding hydrogens is 459 g/mol. The number of anilines is 2. The number of fused-ring (bicyclic) bond motifs is 2. The summed E-state index contributed by atoms with van der Waals surface area (Å²) >= 11 is 2.73. The number of alkyl halides is 3. The zero-order chi connectivity index (χ0) is 22.5. The molecule has 0 saturated carbocycles. The van der Waals surface area contributed by atoms with Crippen molar-refractivity contribution in [2.75, 3.05) is 10.6 Å². The molecule has 5 rings (SSSR count). The van der Waals surface area contributed by atoms with Crippen molar-refractivity contribution in [3.63, 3.8) is 0 Å². The third-order valence-corrected chi connectivity index (χ3v) is 8.07. The Bertz CT molecular complexity index is 1210. The first-order valence-corrected chi connectivity index (χ1v) is 11.9. The van der Waals surface area contributed by atoms with E-state index in [9.17, 15) is 23.2 Å². The molecule has 1 aliphatic heterocycles. The van der Waals surface area contributed by atoms with Crippen molar-refractivity contribution in [3.05, 3.63) is 50.2 Å². The first kappa shape index (κ1) is 21.0.